The minimum absolute atomic E-state index is 0.0235. The molecule has 4 rings (SSSR count). The molecule has 2 aliphatic rings. The van der Waals surface area contributed by atoms with Gasteiger partial charge in [-0.1, -0.05) is 18.2 Å². The highest BCUT2D eigenvalue weighted by Gasteiger charge is 2.35. The van der Waals surface area contributed by atoms with Crippen molar-refractivity contribution in [2.45, 2.75) is 17.4 Å². The Hall–Kier alpha value is -2.67. The van der Waals surface area contributed by atoms with Crippen LogP contribution in [-0.4, -0.2) is 43.9 Å². The monoisotopic (exact) mass is 398 g/mol. The Morgan fingerprint density at radius 3 is 2.86 bits per heavy atom. The van der Waals surface area contributed by atoms with Gasteiger partial charge in [0.05, 0.1) is 12.5 Å². The number of thioether (sulfide) groups is 1. The molecular formula is C21H22N2O4S. The van der Waals surface area contributed by atoms with Gasteiger partial charge >= 0.3 is 0 Å². The van der Waals surface area contributed by atoms with Crippen LogP contribution in [0.25, 0.3) is 0 Å². The van der Waals surface area contributed by atoms with Gasteiger partial charge in [-0.15, -0.1) is 11.8 Å². The first kappa shape index (κ1) is 18.7. The number of hydrogen-bond acceptors (Lipinski definition) is 5. The Morgan fingerprint density at radius 2 is 2.04 bits per heavy atom. The van der Waals surface area contributed by atoms with E-state index in [1.165, 1.54) is 0 Å². The predicted octanol–water partition coefficient (Wildman–Crippen LogP) is 2.72. The molecule has 0 radical (unpaired) electrons. The molecule has 0 spiro atoms. The van der Waals surface area contributed by atoms with Gasteiger partial charge < -0.3 is 19.7 Å². The van der Waals surface area contributed by atoms with Crippen molar-refractivity contribution >= 4 is 29.3 Å². The van der Waals surface area contributed by atoms with Crippen LogP contribution in [0, 0.1) is 5.92 Å². The van der Waals surface area contributed by atoms with Crippen molar-refractivity contribution in [2.24, 2.45) is 5.92 Å². The minimum atomic E-state index is -0.359. The molecule has 2 atom stereocenters. The first-order valence-corrected chi connectivity index (χ1v) is 10.5. The number of nitrogens with one attached hydrogen (secondary N) is 1. The van der Waals surface area contributed by atoms with Gasteiger partial charge in [0.2, 0.25) is 11.8 Å². The summed E-state index contributed by atoms with van der Waals surface area (Å²) in [5.74, 6) is 0.893. The summed E-state index contributed by atoms with van der Waals surface area (Å²) in [6.45, 7) is 1.13. The van der Waals surface area contributed by atoms with Gasteiger partial charge in [0.1, 0.15) is 12.7 Å². The summed E-state index contributed by atoms with van der Waals surface area (Å²) in [5.41, 5.74) is 0.841. The first-order valence-electron chi connectivity index (χ1n) is 9.24. The van der Waals surface area contributed by atoms with Crippen LogP contribution in [-0.2, 0) is 9.59 Å². The summed E-state index contributed by atoms with van der Waals surface area (Å²) in [6, 6.07) is 15.3. The number of amides is 2. The number of para-hydroxylation sites is 2. The third-order valence-electron chi connectivity index (χ3n) is 4.93. The van der Waals surface area contributed by atoms with Crippen LogP contribution < -0.4 is 19.7 Å². The van der Waals surface area contributed by atoms with E-state index in [4.69, 9.17) is 9.47 Å². The molecule has 2 aromatic carbocycles. The molecule has 2 unspecified atom stereocenters. The van der Waals surface area contributed by atoms with Gasteiger partial charge in [-0.2, -0.15) is 0 Å². The largest absolute Gasteiger partial charge is 0.486 e. The zero-order chi connectivity index (χ0) is 19.5. The number of nitrogens with zero attached hydrogens (tertiary/aromatic N) is 1. The first-order chi connectivity index (χ1) is 13.6. The maximum absolute atomic E-state index is 12.6. The second-order valence-corrected chi connectivity index (χ2v) is 7.73. The molecular weight excluding hydrogens is 376 g/mol. The molecule has 2 aromatic rings. The Morgan fingerprint density at radius 1 is 1.21 bits per heavy atom. The lowest BCUT2D eigenvalue weighted by molar-refractivity contribution is -0.126. The second kappa shape index (κ2) is 8.14. The molecule has 28 heavy (non-hydrogen) atoms. The van der Waals surface area contributed by atoms with Gasteiger partial charge in [0, 0.05) is 23.5 Å². The van der Waals surface area contributed by atoms with Crippen molar-refractivity contribution in [1.82, 2.24) is 5.32 Å². The summed E-state index contributed by atoms with van der Waals surface area (Å²) < 4.78 is 11.5. The van der Waals surface area contributed by atoms with Crippen molar-refractivity contribution in [1.29, 1.82) is 0 Å². The Labute approximate surface area is 168 Å². The third kappa shape index (κ3) is 3.94. The maximum Gasteiger partial charge on any atom is 0.227 e. The molecule has 1 saturated heterocycles. The summed E-state index contributed by atoms with van der Waals surface area (Å²) in [5, 5.41) is 2.91. The van der Waals surface area contributed by atoms with Crippen LogP contribution in [0.15, 0.2) is 53.4 Å². The molecule has 0 bridgehead atoms. The van der Waals surface area contributed by atoms with Crippen LogP contribution >= 0.6 is 11.8 Å². The van der Waals surface area contributed by atoms with Crippen LogP contribution in [0.5, 0.6) is 11.5 Å². The molecule has 2 heterocycles. The molecule has 0 aromatic heterocycles. The number of carbonyl (C=O) groups is 2. The van der Waals surface area contributed by atoms with Crippen molar-refractivity contribution in [3.63, 3.8) is 0 Å². The average Bonchev–Trinajstić information content (AvgIpc) is 3.13. The van der Waals surface area contributed by atoms with Gasteiger partial charge in [0.15, 0.2) is 11.5 Å². The van der Waals surface area contributed by atoms with Crippen LogP contribution in [0.2, 0.25) is 0 Å². The maximum atomic E-state index is 12.6. The zero-order valence-corrected chi connectivity index (χ0v) is 16.4. The van der Waals surface area contributed by atoms with Crippen LogP contribution in [0.3, 0.4) is 0 Å². The van der Waals surface area contributed by atoms with Gasteiger partial charge in [-0.3, -0.25) is 9.59 Å². The van der Waals surface area contributed by atoms with Crippen molar-refractivity contribution in [3.05, 3.63) is 48.5 Å². The molecule has 7 heteroatoms. The molecule has 2 amide bonds. The van der Waals surface area contributed by atoms with Gasteiger partial charge in [0.25, 0.3) is 0 Å². The van der Waals surface area contributed by atoms with Crippen molar-refractivity contribution in [3.8, 4) is 11.5 Å². The van der Waals surface area contributed by atoms with E-state index in [2.05, 4.69) is 5.32 Å². The molecule has 146 valence electrons. The summed E-state index contributed by atoms with van der Waals surface area (Å²) in [4.78, 5) is 27.8. The number of benzene rings is 2. The fourth-order valence-corrected chi connectivity index (χ4v) is 3.89. The Bertz CT molecular complexity index is 888. The van der Waals surface area contributed by atoms with E-state index in [0.717, 1.165) is 16.3 Å². The Balaban J connectivity index is 1.33. The molecule has 6 nitrogen and oxygen atoms in total. The van der Waals surface area contributed by atoms with Gasteiger partial charge in [-0.25, -0.2) is 0 Å². The van der Waals surface area contributed by atoms with E-state index in [0.29, 0.717) is 25.4 Å². The van der Waals surface area contributed by atoms with E-state index >= 15 is 0 Å². The molecule has 1 fully saturated rings. The van der Waals surface area contributed by atoms with Crippen LogP contribution in [0.4, 0.5) is 5.69 Å². The van der Waals surface area contributed by atoms with Crippen molar-refractivity contribution in [2.75, 3.05) is 30.9 Å². The lowest BCUT2D eigenvalue weighted by Crippen LogP contribution is -2.43. The smallest absolute Gasteiger partial charge is 0.227 e. The number of ether oxygens (including phenoxy) is 2. The fraction of sp³-hybridized carbons (Fsp3) is 0.333. The van der Waals surface area contributed by atoms with E-state index in [1.54, 1.807) is 16.7 Å². The third-order valence-corrected chi connectivity index (χ3v) is 5.66. The molecule has 0 saturated carbocycles. The number of hydrogen-bond donors (Lipinski definition) is 1. The quantitative estimate of drug-likeness (QED) is 0.785. The highest BCUT2D eigenvalue weighted by atomic mass is 32.2. The molecule has 2 aliphatic heterocycles. The number of rotatable bonds is 5. The van der Waals surface area contributed by atoms with E-state index in [9.17, 15) is 9.59 Å². The van der Waals surface area contributed by atoms with E-state index < -0.39 is 0 Å². The predicted molar refractivity (Wildman–Crippen MR) is 108 cm³/mol. The highest BCUT2D eigenvalue weighted by molar-refractivity contribution is 7.98. The molecule has 0 aliphatic carbocycles. The summed E-state index contributed by atoms with van der Waals surface area (Å²) in [7, 11) is 0. The van der Waals surface area contributed by atoms with Crippen LogP contribution in [0.1, 0.15) is 6.42 Å². The SMILES string of the molecule is CSc1cccc(N2CC(C(=O)NCC3COc4ccccc4O3)CC2=O)c1. The lowest BCUT2D eigenvalue weighted by Gasteiger charge is -2.26. The second-order valence-electron chi connectivity index (χ2n) is 6.85. The lowest BCUT2D eigenvalue weighted by atomic mass is 10.1. The van der Waals surface area contributed by atoms with Crippen molar-refractivity contribution < 1.29 is 19.1 Å². The highest BCUT2D eigenvalue weighted by Crippen LogP contribution is 2.31. The minimum Gasteiger partial charge on any atom is -0.486 e. The zero-order valence-electron chi connectivity index (χ0n) is 15.6. The number of anilines is 1. The Kier molecular flexibility index (Phi) is 5.43. The number of carbonyl (C=O) groups excluding carboxylic acids is 2. The average molecular weight is 398 g/mol. The topological polar surface area (TPSA) is 67.9 Å². The normalized spacial score (nSPS) is 20.9. The standard InChI is InChI=1S/C21H22N2O4S/c1-28-17-6-4-5-15(10-17)23-12-14(9-20(23)24)21(25)22-11-16-13-26-18-7-2-3-8-19(18)27-16/h2-8,10,14,16H,9,11-13H2,1H3,(H,22,25). The summed E-state index contributed by atoms with van der Waals surface area (Å²) >= 11 is 1.63. The van der Waals surface area contributed by atoms with E-state index in [1.807, 2.05) is 54.8 Å². The van der Waals surface area contributed by atoms with Gasteiger partial charge in [-0.05, 0) is 36.6 Å². The summed E-state index contributed by atoms with van der Waals surface area (Å²) in [6.07, 6.45) is 1.97. The molecule has 1 N–H and O–H groups in total. The fourth-order valence-electron chi connectivity index (χ4n) is 3.43. The number of fused-ring (bicyclic) bond motifs is 1. The van der Waals surface area contributed by atoms with E-state index in [-0.39, 0.29) is 30.3 Å².